The van der Waals surface area contributed by atoms with Gasteiger partial charge in [-0.1, -0.05) is 18.2 Å². The maximum Gasteiger partial charge on any atom is 0.334 e. The summed E-state index contributed by atoms with van der Waals surface area (Å²) >= 11 is 0. The van der Waals surface area contributed by atoms with Crippen molar-refractivity contribution in [2.75, 3.05) is 33.4 Å². The van der Waals surface area contributed by atoms with Gasteiger partial charge in [0.05, 0.1) is 7.11 Å². The third-order valence-corrected chi connectivity index (χ3v) is 3.34. The lowest BCUT2D eigenvalue weighted by atomic mass is 10.1. The Bertz CT molecular complexity index is 502. The van der Waals surface area contributed by atoms with Crippen molar-refractivity contribution >= 4 is 18.4 Å². The molecule has 0 saturated heterocycles. The van der Waals surface area contributed by atoms with E-state index in [1.807, 2.05) is 37.3 Å². The Kier molecular flexibility index (Phi) is 7.26. The summed E-state index contributed by atoms with van der Waals surface area (Å²) in [6, 6.07) is 8.02. The number of aryl methyl sites for hydroxylation is 1. The average Bonchev–Trinajstić information content (AvgIpc) is 2.47. The Morgan fingerprint density at radius 3 is 2.90 bits per heavy atom. The van der Waals surface area contributed by atoms with E-state index in [0.717, 1.165) is 30.8 Å². The smallest absolute Gasteiger partial charge is 0.334 e. The second-order valence-corrected chi connectivity index (χ2v) is 4.95. The van der Waals surface area contributed by atoms with Crippen LogP contribution in [-0.2, 0) is 9.53 Å². The number of ether oxygens (including phenoxy) is 2. The quantitative estimate of drug-likeness (QED) is 0.784. The van der Waals surface area contributed by atoms with Crippen LogP contribution in [0, 0.1) is 6.92 Å². The minimum atomic E-state index is -0.227. The van der Waals surface area contributed by atoms with E-state index in [1.54, 1.807) is 0 Å². The lowest BCUT2D eigenvalue weighted by Gasteiger charge is -2.26. The lowest BCUT2D eigenvalue weighted by Crippen LogP contribution is -2.35. The number of hydrogen-bond acceptors (Lipinski definition) is 4. The van der Waals surface area contributed by atoms with E-state index in [2.05, 4.69) is 4.90 Å². The van der Waals surface area contributed by atoms with Gasteiger partial charge >= 0.3 is 5.97 Å². The zero-order valence-electron chi connectivity index (χ0n) is 12.5. The van der Waals surface area contributed by atoms with Gasteiger partial charge in [0.1, 0.15) is 12.4 Å². The molecule has 0 spiro atoms. The van der Waals surface area contributed by atoms with Gasteiger partial charge in [0.15, 0.2) is 0 Å². The van der Waals surface area contributed by atoms with Gasteiger partial charge in [-0.05, 0) is 31.0 Å². The molecule has 1 aliphatic rings. The summed E-state index contributed by atoms with van der Waals surface area (Å²) in [7, 11) is 1.42. The van der Waals surface area contributed by atoms with Crippen molar-refractivity contribution in [1.82, 2.24) is 4.90 Å². The molecule has 0 unspecified atom stereocenters. The molecule has 0 aromatic heterocycles. The van der Waals surface area contributed by atoms with Gasteiger partial charge in [-0.3, -0.25) is 4.90 Å². The fourth-order valence-corrected chi connectivity index (χ4v) is 2.27. The van der Waals surface area contributed by atoms with Crippen molar-refractivity contribution in [3.63, 3.8) is 0 Å². The third kappa shape index (κ3) is 5.40. The number of halogens is 1. The van der Waals surface area contributed by atoms with Crippen molar-refractivity contribution in [3.05, 3.63) is 41.5 Å². The molecule has 116 valence electrons. The van der Waals surface area contributed by atoms with E-state index in [0.29, 0.717) is 13.2 Å². The van der Waals surface area contributed by atoms with Crippen LogP contribution in [0.25, 0.3) is 0 Å². The molecular formula is C16H22ClNO3. The number of carbonyl (C=O) groups is 1. The minimum absolute atomic E-state index is 0. The van der Waals surface area contributed by atoms with Gasteiger partial charge in [-0.25, -0.2) is 4.79 Å². The van der Waals surface area contributed by atoms with Crippen LogP contribution in [0.3, 0.4) is 0 Å². The Labute approximate surface area is 132 Å². The molecule has 1 aromatic rings. The molecule has 0 radical (unpaired) electrons. The first-order chi connectivity index (χ1) is 9.69. The first-order valence-electron chi connectivity index (χ1n) is 6.88. The predicted octanol–water partition coefficient (Wildman–Crippen LogP) is 2.60. The molecule has 0 saturated carbocycles. The number of carbonyl (C=O) groups excluding carboxylic acids is 1. The molecule has 0 bridgehead atoms. The normalized spacial score (nSPS) is 14.9. The Hall–Kier alpha value is -1.52. The Morgan fingerprint density at radius 1 is 1.38 bits per heavy atom. The van der Waals surface area contributed by atoms with E-state index in [1.165, 1.54) is 12.7 Å². The van der Waals surface area contributed by atoms with Crippen LogP contribution in [0.2, 0.25) is 0 Å². The third-order valence-electron chi connectivity index (χ3n) is 3.34. The lowest BCUT2D eigenvalue weighted by molar-refractivity contribution is -0.136. The maximum absolute atomic E-state index is 11.5. The standard InChI is InChI=1S/C16H21NO3.ClH/c1-13-5-3-7-15(11-13)20-10-9-17-8-4-6-14(12-17)16(18)19-2;/h3,5-7,11H,4,8-10,12H2,1-2H3;1H. The van der Waals surface area contributed by atoms with Crippen molar-refractivity contribution in [1.29, 1.82) is 0 Å². The van der Waals surface area contributed by atoms with E-state index in [9.17, 15) is 4.79 Å². The number of benzene rings is 1. The first kappa shape index (κ1) is 17.5. The highest BCUT2D eigenvalue weighted by atomic mass is 35.5. The second kappa shape index (κ2) is 8.70. The molecule has 1 aliphatic heterocycles. The van der Waals surface area contributed by atoms with Crippen molar-refractivity contribution in [2.45, 2.75) is 13.3 Å². The molecule has 4 nitrogen and oxygen atoms in total. The topological polar surface area (TPSA) is 38.8 Å². The molecule has 0 amide bonds. The van der Waals surface area contributed by atoms with Crippen LogP contribution in [-0.4, -0.2) is 44.2 Å². The molecule has 0 N–H and O–H groups in total. The zero-order valence-corrected chi connectivity index (χ0v) is 13.3. The summed E-state index contributed by atoms with van der Waals surface area (Å²) in [6.07, 6.45) is 2.85. The number of nitrogens with zero attached hydrogens (tertiary/aromatic N) is 1. The van der Waals surface area contributed by atoms with E-state index in [-0.39, 0.29) is 18.4 Å². The van der Waals surface area contributed by atoms with E-state index < -0.39 is 0 Å². The molecule has 2 rings (SSSR count). The summed E-state index contributed by atoms with van der Waals surface area (Å²) in [5.74, 6) is 0.667. The average molecular weight is 312 g/mol. The monoisotopic (exact) mass is 311 g/mol. The van der Waals surface area contributed by atoms with Crippen LogP contribution >= 0.6 is 12.4 Å². The van der Waals surface area contributed by atoms with Gasteiger partial charge in [-0.15, -0.1) is 12.4 Å². The van der Waals surface area contributed by atoms with Crippen molar-refractivity contribution in [3.8, 4) is 5.75 Å². The van der Waals surface area contributed by atoms with Crippen LogP contribution < -0.4 is 4.74 Å². The maximum atomic E-state index is 11.5. The summed E-state index contributed by atoms with van der Waals surface area (Å²) in [5, 5.41) is 0. The molecule has 1 aromatic carbocycles. The summed E-state index contributed by atoms with van der Waals surface area (Å²) in [5.41, 5.74) is 1.94. The highest BCUT2D eigenvalue weighted by molar-refractivity contribution is 5.88. The second-order valence-electron chi connectivity index (χ2n) is 4.95. The number of methoxy groups -OCH3 is 1. The SMILES string of the molecule is COC(=O)C1=CCCN(CCOc2cccc(C)c2)C1.Cl. The highest BCUT2D eigenvalue weighted by Gasteiger charge is 2.18. The fraction of sp³-hybridized carbons (Fsp3) is 0.438. The minimum Gasteiger partial charge on any atom is -0.492 e. The van der Waals surface area contributed by atoms with E-state index >= 15 is 0 Å². The van der Waals surface area contributed by atoms with Crippen LogP contribution in [0.5, 0.6) is 5.75 Å². The molecule has 0 atom stereocenters. The number of hydrogen-bond donors (Lipinski definition) is 0. The Balaban J connectivity index is 0.00000220. The van der Waals surface area contributed by atoms with Crippen LogP contribution in [0.4, 0.5) is 0 Å². The zero-order chi connectivity index (χ0) is 14.4. The van der Waals surface area contributed by atoms with Gasteiger partial charge in [0, 0.05) is 25.2 Å². The molecule has 1 heterocycles. The first-order valence-corrected chi connectivity index (χ1v) is 6.88. The number of esters is 1. The van der Waals surface area contributed by atoms with Gasteiger partial charge in [0.2, 0.25) is 0 Å². The van der Waals surface area contributed by atoms with Crippen molar-refractivity contribution < 1.29 is 14.3 Å². The summed E-state index contributed by atoms with van der Waals surface area (Å²) in [6.45, 7) is 5.08. The van der Waals surface area contributed by atoms with Gasteiger partial charge in [0.25, 0.3) is 0 Å². The van der Waals surface area contributed by atoms with Crippen LogP contribution in [0.15, 0.2) is 35.9 Å². The van der Waals surface area contributed by atoms with Crippen LogP contribution in [0.1, 0.15) is 12.0 Å². The predicted molar refractivity (Wildman–Crippen MR) is 85.1 cm³/mol. The fourth-order valence-electron chi connectivity index (χ4n) is 2.27. The number of rotatable bonds is 5. The molecule has 0 aliphatic carbocycles. The molecule has 5 heteroatoms. The molecule has 21 heavy (non-hydrogen) atoms. The highest BCUT2D eigenvalue weighted by Crippen LogP contribution is 2.13. The van der Waals surface area contributed by atoms with Gasteiger partial charge < -0.3 is 9.47 Å². The largest absolute Gasteiger partial charge is 0.492 e. The molecular weight excluding hydrogens is 290 g/mol. The van der Waals surface area contributed by atoms with Crippen molar-refractivity contribution in [2.24, 2.45) is 0 Å². The van der Waals surface area contributed by atoms with Gasteiger partial charge in [-0.2, -0.15) is 0 Å². The summed E-state index contributed by atoms with van der Waals surface area (Å²) < 4.78 is 10.5. The summed E-state index contributed by atoms with van der Waals surface area (Å²) in [4.78, 5) is 13.7. The molecule has 0 fully saturated rings. The Morgan fingerprint density at radius 2 is 2.19 bits per heavy atom. The van der Waals surface area contributed by atoms with E-state index in [4.69, 9.17) is 9.47 Å².